The molecule has 0 saturated carbocycles. The van der Waals surface area contributed by atoms with E-state index >= 15 is 0 Å². The molecular weight excluding hydrogens is 273 g/mol. The minimum atomic E-state index is -3.91. The summed E-state index contributed by atoms with van der Waals surface area (Å²) < 4.78 is 39.6. The molecular formula is C11H16FN3O3S. The predicted octanol–water partition coefficient (Wildman–Crippen LogP) is 0.937. The Kier molecular flexibility index (Phi) is 4.16. The van der Waals surface area contributed by atoms with Gasteiger partial charge in [0.15, 0.2) is 5.84 Å². The van der Waals surface area contributed by atoms with E-state index in [0.717, 1.165) is 18.2 Å². The molecule has 8 heteroatoms. The van der Waals surface area contributed by atoms with Gasteiger partial charge in [-0.1, -0.05) is 5.16 Å². The average Bonchev–Trinajstić information content (AvgIpc) is 2.25. The van der Waals surface area contributed by atoms with Gasteiger partial charge in [-0.15, -0.1) is 0 Å². The van der Waals surface area contributed by atoms with E-state index in [9.17, 15) is 12.8 Å². The lowest BCUT2D eigenvalue weighted by Gasteiger charge is -2.24. The first-order valence-corrected chi connectivity index (χ1v) is 6.86. The molecule has 0 radical (unpaired) electrons. The second-order valence-corrected chi connectivity index (χ2v) is 6.28. The summed E-state index contributed by atoms with van der Waals surface area (Å²) in [6.07, 6.45) is 0. The first-order valence-electron chi connectivity index (χ1n) is 5.38. The third kappa shape index (κ3) is 3.42. The molecule has 0 aliphatic carbocycles. The topological polar surface area (TPSA) is 105 Å². The number of hydrogen-bond donors (Lipinski definition) is 3. The largest absolute Gasteiger partial charge is 0.409 e. The van der Waals surface area contributed by atoms with Gasteiger partial charge in [0.25, 0.3) is 0 Å². The van der Waals surface area contributed by atoms with Crippen molar-refractivity contribution in [2.24, 2.45) is 10.9 Å². The van der Waals surface area contributed by atoms with Crippen LogP contribution in [0.4, 0.5) is 4.39 Å². The number of nitrogens with two attached hydrogens (primary N) is 1. The minimum absolute atomic E-state index is 0.0623. The Labute approximate surface area is 111 Å². The third-order valence-corrected chi connectivity index (χ3v) is 4.38. The van der Waals surface area contributed by atoms with Gasteiger partial charge in [0.05, 0.1) is 10.4 Å². The molecule has 0 aromatic heterocycles. The molecule has 1 rings (SSSR count). The van der Waals surface area contributed by atoms with Crippen LogP contribution < -0.4 is 10.5 Å². The lowest BCUT2D eigenvalue weighted by Crippen LogP contribution is -2.53. The fourth-order valence-electron chi connectivity index (χ4n) is 1.48. The molecule has 0 amide bonds. The van der Waals surface area contributed by atoms with Crippen molar-refractivity contribution in [2.45, 2.75) is 31.2 Å². The number of rotatable bonds is 4. The van der Waals surface area contributed by atoms with Crippen LogP contribution in [0.25, 0.3) is 0 Å². The molecule has 1 aromatic carbocycles. The molecule has 106 valence electrons. The molecule has 0 spiro atoms. The predicted molar refractivity (Wildman–Crippen MR) is 68.9 cm³/mol. The fourth-order valence-corrected chi connectivity index (χ4v) is 3.10. The highest BCUT2D eigenvalue weighted by Crippen LogP contribution is 2.18. The highest BCUT2D eigenvalue weighted by molar-refractivity contribution is 7.89. The SMILES string of the molecule is Cc1cc(F)ccc1S(=O)(=O)NC(C)(C)/C(N)=N/O. The monoisotopic (exact) mass is 289 g/mol. The zero-order valence-corrected chi connectivity index (χ0v) is 11.6. The Bertz CT molecular complexity index is 612. The van der Waals surface area contributed by atoms with E-state index in [1.165, 1.54) is 20.8 Å². The highest BCUT2D eigenvalue weighted by Gasteiger charge is 2.31. The van der Waals surface area contributed by atoms with Crippen LogP contribution in [0.1, 0.15) is 19.4 Å². The molecule has 0 unspecified atom stereocenters. The van der Waals surface area contributed by atoms with E-state index < -0.39 is 21.4 Å². The maximum absolute atomic E-state index is 13.0. The highest BCUT2D eigenvalue weighted by atomic mass is 32.2. The van der Waals surface area contributed by atoms with Gasteiger partial charge in [-0.05, 0) is 44.5 Å². The number of benzene rings is 1. The Hall–Kier alpha value is -1.67. The van der Waals surface area contributed by atoms with E-state index in [2.05, 4.69) is 9.88 Å². The zero-order chi connectivity index (χ0) is 14.8. The molecule has 0 fully saturated rings. The molecule has 0 bridgehead atoms. The fraction of sp³-hybridized carbons (Fsp3) is 0.364. The van der Waals surface area contributed by atoms with Crippen molar-refractivity contribution in [1.82, 2.24) is 4.72 Å². The van der Waals surface area contributed by atoms with Gasteiger partial charge in [-0.25, -0.2) is 12.8 Å². The third-order valence-electron chi connectivity index (χ3n) is 2.56. The summed E-state index contributed by atoms with van der Waals surface area (Å²) in [6, 6.07) is 3.33. The number of nitrogens with zero attached hydrogens (tertiary/aromatic N) is 1. The van der Waals surface area contributed by atoms with Gasteiger partial charge < -0.3 is 10.9 Å². The van der Waals surface area contributed by atoms with Gasteiger partial charge in [0, 0.05) is 0 Å². The van der Waals surface area contributed by atoms with Crippen molar-refractivity contribution in [3.63, 3.8) is 0 Å². The van der Waals surface area contributed by atoms with Crippen LogP contribution in [-0.2, 0) is 10.0 Å². The van der Waals surface area contributed by atoms with Crippen molar-refractivity contribution in [3.8, 4) is 0 Å². The van der Waals surface area contributed by atoms with E-state index in [1.54, 1.807) is 0 Å². The normalized spacial score (nSPS) is 13.6. The van der Waals surface area contributed by atoms with Crippen LogP contribution >= 0.6 is 0 Å². The first kappa shape index (κ1) is 15.4. The van der Waals surface area contributed by atoms with Crippen LogP contribution in [-0.4, -0.2) is 25.0 Å². The van der Waals surface area contributed by atoms with Gasteiger partial charge in [-0.3, -0.25) is 0 Å². The van der Waals surface area contributed by atoms with Crippen molar-refractivity contribution >= 4 is 15.9 Å². The van der Waals surface area contributed by atoms with Gasteiger partial charge in [-0.2, -0.15) is 4.72 Å². The van der Waals surface area contributed by atoms with Crippen molar-refractivity contribution < 1.29 is 18.0 Å². The maximum atomic E-state index is 13.0. The number of oxime groups is 1. The molecule has 0 heterocycles. The summed E-state index contributed by atoms with van der Waals surface area (Å²) in [7, 11) is -3.91. The molecule has 0 aliphatic heterocycles. The average molecular weight is 289 g/mol. The van der Waals surface area contributed by atoms with Crippen molar-refractivity contribution in [2.75, 3.05) is 0 Å². The number of amidine groups is 1. The van der Waals surface area contributed by atoms with Gasteiger partial charge in [0.1, 0.15) is 5.82 Å². The van der Waals surface area contributed by atoms with Crippen LogP contribution in [0.2, 0.25) is 0 Å². The van der Waals surface area contributed by atoms with Gasteiger partial charge >= 0.3 is 0 Å². The van der Waals surface area contributed by atoms with E-state index in [4.69, 9.17) is 10.9 Å². The summed E-state index contributed by atoms with van der Waals surface area (Å²) in [5, 5.41) is 11.4. The Morgan fingerprint density at radius 2 is 2.05 bits per heavy atom. The van der Waals surface area contributed by atoms with Crippen LogP contribution in [0.15, 0.2) is 28.3 Å². The quantitative estimate of drug-likeness (QED) is 0.332. The second kappa shape index (κ2) is 5.14. The van der Waals surface area contributed by atoms with E-state index in [-0.39, 0.29) is 16.3 Å². The van der Waals surface area contributed by atoms with Gasteiger partial charge in [0.2, 0.25) is 10.0 Å². The van der Waals surface area contributed by atoms with Crippen LogP contribution in [0, 0.1) is 12.7 Å². The number of sulfonamides is 1. The summed E-state index contributed by atoms with van der Waals surface area (Å²) in [6.45, 7) is 4.37. The Morgan fingerprint density at radius 3 is 2.53 bits per heavy atom. The Morgan fingerprint density at radius 1 is 1.47 bits per heavy atom. The molecule has 0 atom stereocenters. The number of hydrogen-bond acceptors (Lipinski definition) is 4. The summed E-state index contributed by atoms with van der Waals surface area (Å²) >= 11 is 0. The van der Waals surface area contributed by atoms with Crippen LogP contribution in [0.3, 0.4) is 0 Å². The smallest absolute Gasteiger partial charge is 0.241 e. The second-order valence-electron chi connectivity index (χ2n) is 4.63. The lowest BCUT2D eigenvalue weighted by molar-refractivity contribution is 0.312. The molecule has 0 aliphatic rings. The zero-order valence-electron chi connectivity index (χ0n) is 10.8. The van der Waals surface area contributed by atoms with Crippen molar-refractivity contribution in [1.29, 1.82) is 0 Å². The molecule has 19 heavy (non-hydrogen) atoms. The number of aryl methyl sites for hydroxylation is 1. The minimum Gasteiger partial charge on any atom is -0.409 e. The molecule has 6 nitrogen and oxygen atoms in total. The summed E-state index contributed by atoms with van der Waals surface area (Å²) in [4.78, 5) is -0.0623. The first-order chi connectivity index (χ1) is 8.60. The molecule has 0 saturated heterocycles. The maximum Gasteiger partial charge on any atom is 0.241 e. The Balaban J connectivity index is 3.19. The summed E-state index contributed by atoms with van der Waals surface area (Å²) in [5.41, 5.74) is 4.41. The van der Waals surface area contributed by atoms with E-state index in [0.29, 0.717) is 0 Å². The summed E-state index contributed by atoms with van der Waals surface area (Å²) in [5.74, 6) is -0.803. The van der Waals surface area contributed by atoms with Crippen molar-refractivity contribution in [3.05, 3.63) is 29.6 Å². The molecule has 1 aromatic rings. The lowest BCUT2D eigenvalue weighted by atomic mass is 10.1. The van der Waals surface area contributed by atoms with Crippen LogP contribution in [0.5, 0.6) is 0 Å². The number of halogens is 1. The molecule has 4 N–H and O–H groups in total. The number of nitrogens with one attached hydrogen (secondary N) is 1. The van der Waals surface area contributed by atoms with E-state index in [1.807, 2.05) is 0 Å². The standard InChI is InChI=1S/C11H16FN3O3S/c1-7-6-8(12)4-5-9(7)19(17,18)15-11(2,3)10(13)14-16/h4-6,15-16H,1-3H3,(H2,13,14).